The van der Waals surface area contributed by atoms with Crippen LogP contribution in [0.4, 0.5) is 0 Å². The van der Waals surface area contributed by atoms with Gasteiger partial charge in [0.25, 0.3) is 5.91 Å². The Morgan fingerprint density at radius 3 is 2.18 bits per heavy atom. The van der Waals surface area contributed by atoms with Crippen molar-refractivity contribution in [2.75, 3.05) is 0 Å². The molecule has 33 heavy (non-hydrogen) atoms. The highest BCUT2D eigenvalue weighted by Crippen LogP contribution is 2.28. The summed E-state index contributed by atoms with van der Waals surface area (Å²) < 4.78 is 6.10. The van der Waals surface area contributed by atoms with Crippen LogP contribution in [0.25, 0.3) is 6.08 Å². The maximum Gasteiger partial charge on any atom is 0.263 e. The van der Waals surface area contributed by atoms with Gasteiger partial charge >= 0.3 is 0 Å². The number of amides is 1. The van der Waals surface area contributed by atoms with Crippen LogP contribution in [0.3, 0.4) is 0 Å². The van der Waals surface area contributed by atoms with Crippen LogP contribution in [0.1, 0.15) is 43.4 Å². The lowest BCUT2D eigenvalue weighted by atomic mass is 9.86. The number of halogens is 2. The molecule has 0 saturated heterocycles. The van der Waals surface area contributed by atoms with Gasteiger partial charge in [0.15, 0.2) is 5.60 Å². The third-order valence-electron chi connectivity index (χ3n) is 5.68. The number of nitrogens with one attached hydrogen (secondary N) is 1. The number of rotatable bonds is 9. The molecule has 0 heterocycles. The molecule has 172 valence electrons. The van der Waals surface area contributed by atoms with Crippen molar-refractivity contribution in [3.63, 3.8) is 0 Å². The molecule has 0 bridgehead atoms. The molecule has 3 aromatic carbocycles. The van der Waals surface area contributed by atoms with Crippen molar-refractivity contribution >= 4 is 35.2 Å². The molecule has 0 spiro atoms. The van der Waals surface area contributed by atoms with Crippen LogP contribution in [-0.4, -0.2) is 17.6 Å². The van der Waals surface area contributed by atoms with E-state index >= 15 is 0 Å². The van der Waals surface area contributed by atoms with Gasteiger partial charge in [0.1, 0.15) is 5.75 Å². The molecule has 3 aromatic rings. The molecule has 3 nitrogen and oxygen atoms in total. The van der Waals surface area contributed by atoms with Crippen molar-refractivity contribution in [1.82, 2.24) is 5.32 Å². The van der Waals surface area contributed by atoms with Crippen LogP contribution in [0.15, 0.2) is 79.4 Å². The minimum Gasteiger partial charge on any atom is -0.477 e. The molecule has 1 amide bonds. The number of benzene rings is 3. The number of hydrogen-bond donors (Lipinski definition) is 1. The van der Waals surface area contributed by atoms with Crippen molar-refractivity contribution in [1.29, 1.82) is 0 Å². The molecule has 2 unspecified atom stereocenters. The van der Waals surface area contributed by atoms with Gasteiger partial charge < -0.3 is 10.1 Å². The Morgan fingerprint density at radius 1 is 1.00 bits per heavy atom. The van der Waals surface area contributed by atoms with Gasteiger partial charge in [0.2, 0.25) is 0 Å². The summed E-state index contributed by atoms with van der Waals surface area (Å²) in [4.78, 5) is 13.3. The van der Waals surface area contributed by atoms with E-state index < -0.39 is 5.60 Å². The zero-order valence-electron chi connectivity index (χ0n) is 19.1. The SMILES string of the molecule is C=Cc1ccccc1OC(C)(C)C(=O)NC(C)C(Cc1ccc(Cl)cc1)c1ccc(Cl)cc1. The number of para-hydroxylation sites is 1. The van der Waals surface area contributed by atoms with Gasteiger partial charge in [-0.25, -0.2) is 0 Å². The first-order valence-corrected chi connectivity index (χ1v) is 11.7. The van der Waals surface area contributed by atoms with Crippen LogP contribution in [0.5, 0.6) is 5.75 Å². The molecule has 0 radical (unpaired) electrons. The van der Waals surface area contributed by atoms with E-state index in [0.29, 0.717) is 15.8 Å². The van der Waals surface area contributed by atoms with Gasteiger partial charge in [0, 0.05) is 27.6 Å². The van der Waals surface area contributed by atoms with Gasteiger partial charge in [-0.1, -0.05) is 78.3 Å². The van der Waals surface area contributed by atoms with Gasteiger partial charge in [-0.3, -0.25) is 4.79 Å². The fraction of sp³-hybridized carbons (Fsp3) is 0.250. The Morgan fingerprint density at radius 2 is 1.58 bits per heavy atom. The number of carbonyl (C=O) groups excluding carboxylic acids is 1. The molecular weight excluding hydrogens is 453 g/mol. The predicted molar refractivity (Wildman–Crippen MR) is 138 cm³/mol. The first-order valence-electron chi connectivity index (χ1n) is 10.9. The highest BCUT2D eigenvalue weighted by molar-refractivity contribution is 6.30. The fourth-order valence-corrected chi connectivity index (χ4v) is 3.96. The van der Waals surface area contributed by atoms with Gasteiger partial charge in [-0.2, -0.15) is 0 Å². The van der Waals surface area contributed by atoms with Gasteiger partial charge in [-0.15, -0.1) is 0 Å². The lowest BCUT2D eigenvalue weighted by molar-refractivity contribution is -0.135. The monoisotopic (exact) mass is 481 g/mol. The van der Waals surface area contributed by atoms with Crippen molar-refractivity contribution < 1.29 is 9.53 Å². The largest absolute Gasteiger partial charge is 0.477 e. The average Bonchev–Trinajstić information content (AvgIpc) is 2.79. The quantitative estimate of drug-likeness (QED) is 0.347. The maximum atomic E-state index is 13.3. The molecular formula is C28H29Cl2NO2. The normalized spacial score (nSPS) is 13.1. The van der Waals surface area contributed by atoms with Crippen molar-refractivity contribution in [3.05, 3.63) is 106 Å². The highest BCUT2D eigenvalue weighted by atomic mass is 35.5. The molecule has 0 aliphatic rings. The first kappa shape index (κ1) is 24.9. The molecule has 2 atom stereocenters. The van der Waals surface area contributed by atoms with Crippen LogP contribution in [0.2, 0.25) is 10.0 Å². The number of carbonyl (C=O) groups is 1. The van der Waals surface area contributed by atoms with E-state index in [4.69, 9.17) is 27.9 Å². The maximum absolute atomic E-state index is 13.3. The van der Waals surface area contributed by atoms with E-state index in [9.17, 15) is 4.79 Å². The summed E-state index contributed by atoms with van der Waals surface area (Å²) in [6.07, 6.45) is 2.45. The Balaban J connectivity index is 1.80. The topological polar surface area (TPSA) is 38.3 Å². The molecule has 3 rings (SSSR count). The molecule has 0 aliphatic carbocycles. The minimum absolute atomic E-state index is 0.0312. The van der Waals surface area contributed by atoms with Crippen molar-refractivity contribution in [2.45, 2.75) is 44.8 Å². The Kier molecular flexibility index (Phi) is 8.23. The van der Waals surface area contributed by atoms with Crippen LogP contribution in [0, 0.1) is 0 Å². The standard InChI is InChI=1S/C28H29Cl2NO2/c1-5-21-8-6-7-9-26(21)33-28(3,4)27(32)31-19(2)25(22-12-16-24(30)17-13-22)18-20-10-14-23(29)15-11-20/h5-17,19,25H,1,18H2,2-4H3,(H,31,32). The summed E-state index contributed by atoms with van der Waals surface area (Å²) in [6, 6.07) is 22.9. The van der Waals surface area contributed by atoms with E-state index in [0.717, 1.165) is 23.1 Å². The summed E-state index contributed by atoms with van der Waals surface area (Å²) in [5.41, 5.74) is 2.00. The van der Waals surface area contributed by atoms with E-state index in [-0.39, 0.29) is 17.9 Å². The second-order valence-corrected chi connectivity index (χ2v) is 9.48. The second-order valence-electron chi connectivity index (χ2n) is 8.61. The van der Waals surface area contributed by atoms with Crippen molar-refractivity contribution in [2.24, 2.45) is 0 Å². The van der Waals surface area contributed by atoms with E-state index in [1.54, 1.807) is 19.9 Å². The third kappa shape index (κ3) is 6.63. The summed E-state index contributed by atoms with van der Waals surface area (Å²) in [5, 5.41) is 4.55. The van der Waals surface area contributed by atoms with Crippen molar-refractivity contribution in [3.8, 4) is 5.75 Å². The minimum atomic E-state index is -1.07. The smallest absolute Gasteiger partial charge is 0.263 e. The zero-order chi connectivity index (χ0) is 24.0. The number of hydrogen-bond acceptors (Lipinski definition) is 2. The van der Waals surface area contributed by atoms with Gasteiger partial charge in [0.05, 0.1) is 0 Å². The molecule has 0 aliphatic heterocycles. The molecule has 5 heteroatoms. The Labute approximate surface area is 206 Å². The lowest BCUT2D eigenvalue weighted by Crippen LogP contribution is -2.51. The summed E-state index contributed by atoms with van der Waals surface area (Å²) in [6.45, 7) is 9.38. The third-order valence-corrected chi connectivity index (χ3v) is 6.18. The average molecular weight is 482 g/mol. The lowest BCUT2D eigenvalue weighted by Gasteiger charge is -2.31. The predicted octanol–water partition coefficient (Wildman–Crippen LogP) is 7.33. The fourth-order valence-electron chi connectivity index (χ4n) is 3.71. The summed E-state index contributed by atoms with van der Waals surface area (Å²) in [7, 11) is 0. The van der Waals surface area contributed by atoms with Gasteiger partial charge in [-0.05, 0) is 68.7 Å². The van der Waals surface area contributed by atoms with E-state index in [1.165, 1.54) is 0 Å². The number of ether oxygens (including phenoxy) is 1. The summed E-state index contributed by atoms with van der Waals surface area (Å²) in [5.74, 6) is 0.461. The molecule has 0 aromatic heterocycles. The Bertz CT molecular complexity index is 1090. The molecule has 1 N–H and O–H groups in total. The second kappa shape index (κ2) is 10.9. The zero-order valence-corrected chi connectivity index (χ0v) is 20.7. The van der Waals surface area contributed by atoms with E-state index in [2.05, 4.69) is 11.9 Å². The van der Waals surface area contributed by atoms with Crippen LogP contribution < -0.4 is 10.1 Å². The molecule has 0 fully saturated rings. The van der Waals surface area contributed by atoms with Crippen LogP contribution >= 0.6 is 23.2 Å². The highest BCUT2D eigenvalue weighted by Gasteiger charge is 2.33. The Hall–Kier alpha value is -2.75. The molecule has 0 saturated carbocycles. The summed E-state index contributed by atoms with van der Waals surface area (Å²) >= 11 is 12.2. The van der Waals surface area contributed by atoms with E-state index in [1.807, 2.05) is 79.7 Å². The van der Waals surface area contributed by atoms with Crippen LogP contribution in [-0.2, 0) is 11.2 Å². The first-order chi connectivity index (χ1) is 15.7.